The van der Waals surface area contributed by atoms with Crippen LogP contribution < -0.4 is 0 Å². The van der Waals surface area contributed by atoms with Gasteiger partial charge in [-0.05, 0) is 12.8 Å². The molecule has 4 unspecified atom stereocenters. The summed E-state index contributed by atoms with van der Waals surface area (Å²) in [5.74, 6) is 0.0214. The molecule has 2 aliphatic heterocycles. The van der Waals surface area contributed by atoms with E-state index in [1.165, 1.54) is 0 Å². The lowest BCUT2D eigenvalue weighted by Gasteiger charge is -2.23. The number of aliphatic hydroxyl groups is 2. The van der Waals surface area contributed by atoms with Crippen LogP contribution in [0.15, 0.2) is 0 Å². The third-order valence-electron chi connectivity index (χ3n) is 4.33. The Balaban J connectivity index is 0.000000248. The summed E-state index contributed by atoms with van der Waals surface area (Å²) in [6.45, 7) is 9.44. The number of aliphatic hydroxyl groups excluding tert-OH is 2. The molecule has 5 nitrogen and oxygen atoms in total. The van der Waals surface area contributed by atoms with Gasteiger partial charge < -0.3 is 24.4 Å². The van der Waals surface area contributed by atoms with E-state index in [1.54, 1.807) is 0 Å². The molecule has 5 heteroatoms. The molecule has 0 amide bonds. The average Bonchev–Trinajstić information content (AvgIpc) is 3.45. The first-order valence-corrected chi connectivity index (χ1v) is 9.25. The molecule has 2 saturated heterocycles. The van der Waals surface area contributed by atoms with E-state index >= 15 is 0 Å². The molecule has 0 radical (unpaired) electrons. The molecule has 2 fully saturated rings. The Hall–Kier alpha value is -0.200. The summed E-state index contributed by atoms with van der Waals surface area (Å²) in [6, 6.07) is 0. The van der Waals surface area contributed by atoms with Gasteiger partial charge in [0.15, 0.2) is 0 Å². The Morgan fingerprint density at radius 1 is 0.913 bits per heavy atom. The third-order valence-corrected chi connectivity index (χ3v) is 4.33. The molecule has 0 saturated carbocycles. The normalized spacial score (nSPS) is 26.0. The van der Waals surface area contributed by atoms with Crippen molar-refractivity contribution in [2.75, 3.05) is 26.4 Å². The van der Waals surface area contributed by atoms with Crippen LogP contribution in [0.1, 0.15) is 59.3 Å². The second kappa shape index (κ2) is 12.2. The van der Waals surface area contributed by atoms with Gasteiger partial charge in [0.1, 0.15) is 12.2 Å². The predicted molar refractivity (Wildman–Crippen MR) is 90.5 cm³/mol. The molecule has 2 aliphatic rings. The molecule has 0 spiro atoms. The van der Waals surface area contributed by atoms with E-state index in [0.717, 1.165) is 65.0 Å². The summed E-state index contributed by atoms with van der Waals surface area (Å²) in [5, 5.41) is 19.5. The first-order chi connectivity index (χ1) is 11.1. The molecule has 2 heterocycles. The molecule has 0 aliphatic carbocycles. The number of unbranched alkanes of at least 4 members (excludes halogenated alkanes) is 2. The Morgan fingerprint density at radius 3 is 1.61 bits per heavy atom. The predicted octanol–water partition coefficient (Wildman–Crippen LogP) is 2.53. The van der Waals surface area contributed by atoms with Gasteiger partial charge in [-0.15, -0.1) is 0 Å². The van der Waals surface area contributed by atoms with Gasteiger partial charge >= 0.3 is 0 Å². The fourth-order valence-electron chi connectivity index (χ4n) is 2.27. The van der Waals surface area contributed by atoms with Crippen LogP contribution in [-0.2, 0) is 14.2 Å². The van der Waals surface area contributed by atoms with Gasteiger partial charge in [0, 0.05) is 5.92 Å². The second-order valence-electron chi connectivity index (χ2n) is 6.73. The maximum absolute atomic E-state index is 9.76. The summed E-state index contributed by atoms with van der Waals surface area (Å²) < 4.78 is 15.1. The van der Waals surface area contributed by atoms with Crippen molar-refractivity contribution in [1.82, 2.24) is 0 Å². The van der Waals surface area contributed by atoms with Gasteiger partial charge in [0.25, 0.3) is 0 Å². The zero-order valence-corrected chi connectivity index (χ0v) is 15.1. The minimum absolute atomic E-state index is 0.0214. The second-order valence-corrected chi connectivity index (χ2v) is 6.73. The first-order valence-electron chi connectivity index (χ1n) is 9.25. The van der Waals surface area contributed by atoms with Crippen molar-refractivity contribution in [3.05, 3.63) is 0 Å². The molecule has 2 rings (SSSR count). The van der Waals surface area contributed by atoms with Crippen molar-refractivity contribution in [1.29, 1.82) is 0 Å². The standard InChI is InChI=1S/C12H26O2.C6H10O3/c1-4-6-8-11(13)10(3)12(14)9-7-5-2;1(5-3-8-5)7-2-6-4-9-6/h10-14H,4-9H2,1-3H3;5-6H,1-4H2. The number of rotatable bonds is 12. The molecule has 0 bridgehead atoms. The molecule has 2 N–H and O–H groups in total. The van der Waals surface area contributed by atoms with E-state index in [2.05, 4.69) is 13.8 Å². The van der Waals surface area contributed by atoms with E-state index in [0.29, 0.717) is 12.2 Å². The topological polar surface area (TPSA) is 74.8 Å². The minimum atomic E-state index is -0.332. The maximum atomic E-state index is 9.76. The molecule has 138 valence electrons. The lowest BCUT2D eigenvalue weighted by Crippen LogP contribution is -2.29. The van der Waals surface area contributed by atoms with Gasteiger partial charge in [-0.25, -0.2) is 0 Å². The van der Waals surface area contributed by atoms with Crippen LogP contribution >= 0.6 is 0 Å². The van der Waals surface area contributed by atoms with Crippen LogP contribution in [0.3, 0.4) is 0 Å². The molecule has 0 aromatic heterocycles. The zero-order chi connectivity index (χ0) is 17.1. The number of hydrogen-bond donors (Lipinski definition) is 2. The van der Waals surface area contributed by atoms with Crippen LogP contribution in [0.2, 0.25) is 0 Å². The summed E-state index contributed by atoms with van der Waals surface area (Å²) in [4.78, 5) is 0. The van der Waals surface area contributed by atoms with Crippen molar-refractivity contribution in [3.8, 4) is 0 Å². The van der Waals surface area contributed by atoms with E-state index in [4.69, 9.17) is 14.2 Å². The van der Waals surface area contributed by atoms with Gasteiger partial charge in [0.05, 0.1) is 38.6 Å². The molecule has 23 heavy (non-hydrogen) atoms. The molecule has 0 aromatic rings. The molecular weight excluding hydrogens is 296 g/mol. The largest absolute Gasteiger partial charge is 0.393 e. The summed E-state index contributed by atoms with van der Waals surface area (Å²) >= 11 is 0. The van der Waals surface area contributed by atoms with Gasteiger partial charge in [-0.3, -0.25) is 0 Å². The zero-order valence-electron chi connectivity index (χ0n) is 15.1. The van der Waals surface area contributed by atoms with Crippen LogP contribution in [-0.4, -0.2) is 61.1 Å². The van der Waals surface area contributed by atoms with Crippen LogP contribution in [0, 0.1) is 5.92 Å². The van der Waals surface area contributed by atoms with Crippen molar-refractivity contribution in [2.24, 2.45) is 5.92 Å². The summed E-state index contributed by atoms with van der Waals surface area (Å²) in [6.07, 6.45) is 6.07. The molecular formula is C18H36O5. The van der Waals surface area contributed by atoms with Crippen LogP contribution in [0.25, 0.3) is 0 Å². The van der Waals surface area contributed by atoms with Crippen molar-refractivity contribution >= 4 is 0 Å². The van der Waals surface area contributed by atoms with Gasteiger partial charge in [-0.2, -0.15) is 0 Å². The Kier molecular flexibility index (Phi) is 11.1. The van der Waals surface area contributed by atoms with Gasteiger partial charge in [-0.1, -0.05) is 46.5 Å². The fourth-order valence-corrected chi connectivity index (χ4v) is 2.27. The fraction of sp³-hybridized carbons (Fsp3) is 1.00. The quantitative estimate of drug-likeness (QED) is 0.537. The smallest absolute Gasteiger partial charge is 0.104 e. The highest BCUT2D eigenvalue weighted by Gasteiger charge is 2.26. The summed E-state index contributed by atoms with van der Waals surface area (Å²) in [7, 11) is 0. The highest BCUT2D eigenvalue weighted by atomic mass is 16.6. The van der Waals surface area contributed by atoms with E-state index in [1.807, 2.05) is 6.92 Å². The first kappa shape index (κ1) is 20.8. The average molecular weight is 332 g/mol. The van der Waals surface area contributed by atoms with Gasteiger partial charge in [0.2, 0.25) is 0 Å². The number of hydrogen-bond acceptors (Lipinski definition) is 5. The number of ether oxygens (including phenoxy) is 3. The highest BCUT2D eigenvalue weighted by molar-refractivity contribution is 4.72. The minimum Gasteiger partial charge on any atom is -0.393 e. The monoisotopic (exact) mass is 332 g/mol. The molecule has 4 atom stereocenters. The SMILES string of the molecule is C(OCC1CO1)C1CO1.CCCCC(O)C(C)C(O)CCCC. The van der Waals surface area contributed by atoms with Crippen molar-refractivity contribution in [3.63, 3.8) is 0 Å². The highest BCUT2D eigenvalue weighted by Crippen LogP contribution is 2.18. The van der Waals surface area contributed by atoms with Crippen molar-refractivity contribution in [2.45, 2.75) is 83.7 Å². The number of epoxide rings is 2. The van der Waals surface area contributed by atoms with Crippen molar-refractivity contribution < 1.29 is 24.4 Å². The van der Waals surface area contributed by atoms with Crippen LogP contribution in [0.4, 0.5) is 0 Å². The van der Waals surface area contributed by atoms with E-state index in [9.17, 15) is 10.2 Å². The molecule has 0 aromatic carbocycles. The van der Waals surface area contributed by atoms with Crippen LogP contribution in [0.5, 0.6) is 0 Å². The van der Waals surface area contributed by atoms with E-state index < -0.39 is 0 Å². The lowest BCUT2D eigenvalue weighted by molar-refractivity contribution is 0.0119. The Labute approximate surface area is 141 Å². The Morgan fingerprint density at radius 2 is 1.30 bits per heavy atom. The lowest BCUT2D eigenvalue weighted by atomic mass is 9.91. The maximum Gasteiger partial charge on any atom is 0.104 e. The summed E-state index contributed by atoms with van der Waals surface area (Å²) in [5.41, 5.74) is 0. The Bertz CT molecular complexity index is 253. The third kappa shape index (κ3) is 11.1. The van der Waals surface area contributed by atoms with E-state index in [-0.39, 0.29) is 18.1 Å².